The molecule has 25 heavy (non-hydrogen) atoms. The van der Waals surface area contributed by atoms with Crippen LogP contribution in [0.4, 0.5) is 11.4 Å². The molecule has 0 aromatic heterocycles. The molecule has 0 atom stereocenters. The molecule has 5 nitrogen and oxygen atoms in total. The average molecular weight is 355 g/mol. The lowest BCUT2D eigenvalue weighted by molar-refractivity contribution is -0.120. The number of amides is 3. The number of carbonyl (C=O) groups excluding carboxylic acids is 3. The lowest BCUT2D eigenvalue weighted by Gasteiger charge is -2.17. The Morgan fingerprint density at radius 2 is 1.64 bits per heavy atom. The monoisotopic (exact) mass is 354 g/mol. The summed E-state index contributed by atoms with van der Waals surface area (Å²) >= 11 is 6.18. The fourth-order valence-electron chi connectivity index (χ4n) is 2.71. The molecular weight excluding hydrogens is 340 g/mol. The van der Waals surface area contributed by atoms with Crippen LogP contribution in [0, 0.1) is 6.92 Å². The molecular formula is C19H15ClN2O3. The molecule has 1 heterocycles. The highest BCUT2D eigenvalue weighted by Crippen LogP contribution is 2.36. The Bertz CT molecular complexity index is 917. The van der Waals surface area contributed by atoms with Crippen LogP contribution in [0.25, 0.3) is 5.57 Å². The van der Waals surface area contributed by atoms with E-state index in [0.29, 0.717) is 16.9 Å². The molecule has 0 saturated heterocycles. The van der Waals surface area contributed by atoms with Gasteiger partial charge >= 0.3 is 0 Å². The number of nitrogens with one attached hydrogen (secondary N) is 1. The van der Waals surface area contributed by atoms with Crippen LogP contribution in [-0.4, -0.2) is 17.7 Å². The summed E-state index contributed by atoms with van der Waals surface area (Å²) in [6.45, 7) is 3.23. The molecule has 6 heteroatoms. The molecule has 3 amide bonds. The molecule has 0 saturated carbocycles. The van der Waals surface area contributed by atoms with Gasteiger partial charge in [0.25, 0.3) is 11.8 Å². The van der Waals surface area contributed by atoms with Gasteiger partial charge in [0.1, 0.15) is 5.03 Å². The van der Waals surface area contributed by atoms with Crippen molar-refractivity contribution in [3.63, 3.8) is 0 Å². The molecule has 1 N–H and O–H groups in total. The van der Waals surface area contributed by atoms with E-state index in [1.807, 2.05) is 19.1 Å². The highest BCUT2D eigenvalue weighted by molar-refractivity contribution is 6.60. The summed E-state index contributed by atoms with van der Waals surface area (Å²) in [5.74, 6) is -1.19. The first-order chi connectivity index (χ1) is 11.9. The molecule has 3 rings (SSSR count). The third-order valence-corrected chi connectivity index (χ3v) is 4.23. The highest BCUT2D eigenvalue weighted by Gasteiger charge is 2.39. The van der Waals surface area contributed by atoms with Gasteiger partial charge < -0.3 is 5.32 Å². The van der Waals surface area contributed by atoms with E-state index in [0.717, 1.165) is 10.5 Å². The first-order valence-electron chi connectivity index (χ1n) is 7.62. The predicted octanol–water partition coefficient (Wildman–Crippen LogP) is 3.48. The summed E-state index contributed by atoms with van der Waals surface area (Å²) in [5, 5.41) is 2.53. The van der Waals surface area contributed by atoms with Crippen LogP contribution in [0.2, 0.25) is 0 Å². The first-order valence-corrected chi connectivity index (χ1v) is 8.00. The molecule has 2 aromatic carbocycles. The van der Waals surface area contributed by atoms with Crippen LogP contribution in [0.1, 0.15) is 18.1 Å². The van der Waals surface area contributed by atoms with Crippen LogP contribution in [-0.2, 0) is 14.4 Å². The molecule has 0 aliphatic carbocycles. The van der Waals surface area contributed by atoms with E-state index in [-0.39, 0.29) is 16.5 Å². The van der Waals surface area contributed by atoms with Crippen molar-refractivity contribution in [2.75, 3.05) is 10.2 Å². The zero-order valence-electron chi connectivity index (χ0n) is 13.7. The van der Waals surface area contributed by atoms with Crippen molar-refractivity contribution >= 4 is 46.3 Å². The van der Waals surface area contributed by atoms with E-state index in [9.17, 15) is 14.4 Å². The number of imide groups is 1. The molecule has 0 unspecified atom stereocenters. The van der Waals surface area contributed by atoms with Crippen molar-refractivity contribution in [1.82, 2.24) is 0 Å². The fourth-order valence-corrected chi connectivity index (χ4v) is 2.98. The molecule has 0 bridgehead atoms. The van der Waals surface area contributed by atoms with Gasteiger partial charge in [0.2, 0.25) is 5.91 Å². The largest absolute Gasteiger partial charge is 0.326 e. The second-order valence-electron chi connectivity index (χ2n) is 5.68. The van der Waals surface area contributed by atoms with E-state index in [2.05, 4.69) is 5.32 Å². The second kappa shape index (κ2) is 6.53. The van der Waals surface area contributed by atoms with Crippen LogP contribution < -0.4 is 10.2 Å². The predicted molar refractivity (Wildman–Crippen MR) is 97.2 cm³/mol. The number of aryl methyl sites for hydroxylation is 1. The number of hydrogen-bond acceptors (Lipinski definition) is 3. The van der Waals surface area contributed by atoms with Crippen LogP contribution in [0.15, 0.2) is 53.6 Å². The number of hydrogen-bond donors (Lipinski definition) is 1. The third kappa shape index (κ3) is 3.06. The molecule has 0 radical (unpaired) electrons. The number of para-hydroxylation sites is 1. The third-order valence-electron chi connectivity index (χ3n) is 3.88. The van der Waals surface area contributed by atoms with Crippen molar-refractivity contribution < 1.29 is 14.4 Å². The van der Waals surface area contributed by atoms with Crippen molar-refractivity contribution in [3.05, 3.63) is 64.7 Å². The number of benzene rings is 2. The van der Waals surface area contributed by atoms with Crippen molar-refractivity contribution in [2.24, 2.45) is 0 Å². The van der Waals surface area contributed by atoms with E-state index in [1.165, 1.54) is 6.92 Å². The fraction of sp³-hybridized carbons (Fsp3) is 0.105. The van der Waals surface area contributed by atoms with Crippen LogP contribution in [0.3, 0.4) is 0 Å². The van der Waals surface area contributed by atoms with Gasteiger partial charge in [0, 0.05) is 12.6 Å². The normalized spacial score (nSPS) is 14.3. The Balaban J connectivity index is 1.97. The van der Waals surface area contributed by atoms with Crippen LogP contribution >= 0.6 is 11.6 Å². The maximum atomic E-state index is 12.8. The Hall–Kier alpha value is -2.92. The van der Waals surface area contributed by atoms with Gasteiger partial charge in [-0.2, -0.15) is 0 Å². The van der Waals surface area contributed by atoms with E-state index < -0.39 is 11.8 Å². The minimum atomic E-state index is -0.540. The van der Waals surface area contributed by atoms with Gasteiger partial charge in [-0.05, 0) is 36.2 Å². The number of nitrogens with zero attached hydrogens (tertiary/aromatic N) is 1. The Labute approximate surface area is 149 Å². The Morgan fingerprint density at radius 3 is 2.24 bits per heavy atom. The molecule has 1 aliphatic rings. The van der Waals surface area contributed by atoms with Crippen molar-refractivity contribution in [3.8, 4) is 0 Å². The van der Waals surface area contributed by atoms with Crippen molar-refractivity contribution in [2.45, 2.75) is 13.8 Å². The zero-order valence-corrected chi connectivity index (χ0v) is 14.4. The zero-order chi connectivity index (χ0) is 18.1. The Morgan fingerprint density at radius 1 is 1.00 bits per heavy atom. The summed E-state index contributed by atoms with van der Waals surface area (Å²) in [4.78, 5) is 37.5. The first kappa shape index (κ1) is 16.9. The lowest BCUT2D eigenvalue weighted by atomic mass is 10.1. The van der Waals surface area contributed by atoms with Crippen LogP contribution in [0.5, 0.6) is 0 Å². The molecule has 0 fully saturated rings. The minimum absolute atomic E-state index is 0.111. The summed E-state index contributed by atoms with van der Waals surface area (Å²) < 4.78 is 0. The summed E-state index contributed by atoms with van der Waals surface area (Å²) in [7, 11) is 0. The SMILES string of the molecule is CC(=O)Nc1ccc(C2=C(Cl)C(=O)N(c3ccccc3C)C2=O)cc1. The number of halogens is 1. The van der Waals surface area contributed by atoms with Gasteiger partial charge in [0.05, 0.1) is 11.3 Å². The quantitative estimate of drug-likeness (QED) is 0.858. The molecule has 0 spiro atoms. The van der Waals surface area contributed by atoms with E-state index in [1.54, 1.807) is 36.4 Å². The van der Waals surface area contributed by atoms with Gasteiger partial charge in [0.15, 0.2) is 0 Å². The lowest BCUT2D eigenvalue weighted by Crippen LogP contribution is -2.31. The van der Waals surface area contributed by atoms with Gasteiger partial charge in [-0.15, -0.1) is 0 Å². The Kier molecular flexibility index (Phi) is 4.42. The van der Waals surface area contributed by atoms with Gasteiger partial charge in [-0.25, -0.2) is 4.90 Å². The van der Waals surface area contributed by atoms with Gasteiger partial charge in [-0.1, -0.05) is 41.9 Å². The van der Waals surface area contributed by atoms with Gasteiger partial charge in [-0.3, -0.25) is 14.4 Å². The minimum Gasteiger partial charge on any atom is -0.326 e. The second-order valence-corrected chi connectivity index (χ2v) is 6.06. The maximum absolute atomic E-state index is 12.8. The van der Waals surface area contributed by atoms with E-state index >= 15 is 0 Å². The standard InChI is InChI=1S/C19H15ClN2O3/c1-11-5-3-4-6-15(11)22-18(24)16(17(20)19(22)25)13-7-9-14(10-8-13)21-12(2)23/h3-10H,1-2H3,(H,21,23). The topological polar surface area (TPSA) is 66.5 Å². The summed E-state index contributed by atoms with van der Waals surface area (Å²) in [5.41, 5.74) is 2.59. The van der Waals surface area contributed by atoms with E-state index in [4.69, 9.17) is 11.6 Å². The smallest absolute Gasteiger partial charge is 0.277 e. The van der Waals surface area contributed by atoms with Crippen molar-refractivity contribution in [1.29, 1.82) is 0 Å². The molecule has 1 aliphatic heterocycles. The maximum Gasteiger partial charge on any atom is 0.277 e. The number of rotatable bonds is 3. The average Bonchev–Trinajstić information content (AvgIpc) is 2.79. The summed E-state index contributed by atoms with van der Waals surface area (Å²) in [6.07, 6.45) is 0. The number of carbonyl (C=O) groups is 3. The summed E-state index contributed by atoms with van der Waals surface area (Å²) in [6, 6.07) is 13.7. The molecule has 126 valence electrons. The number of anilines is 2. The highest BCUT2D eigenvalue weighted by atomic mass is 35.5. The molecule has 2 aromatic rings.